The van der Waals surface area contributed by atoms with Gasteiger partial charge in [-0.05, 0) is 19.4 Å². The number of carbonyl (C=O) groups excluding carboxylic acids is 1. The van der Waals surface area contributed by atoms with E-state index in [1.807, 2.05) is 0 Å². The molecule has 1 amide bonds. The van der Waals surface area contributed by atoms with E-state index < -0.39 is 0 Å². The summed E-state index contributed by atoms with van der Waals surface area (Å²) in [4.78, 5) is 11.0. The van der Waals surface area contributed by atoms with Gasteiger partial charge >= 0.3 is 0 Å². The number of carbonyl (C=O) groups is 1. The number of hydrogen-bond acceptors (Lipinski definition) is 2. The van der Waals surface area contributed by atoms with E-state index in [-0.39, 0.29) is 18.4 Å². The maximum Gasteiger partial charge on any atom is 0.232 e. The Morgan fingerprint density at radius 2 is 2.58 bits per heavy atom. The first kappa shape index (κ1) is 9.08. The van der Waals surface area contributed by atoms with Crippen LogP contribution in [0.2, 0.25) is 0 Å². The summed E-state index contributed by atoms with van der Waals surface area (Å²) in [6.45, 7) is 1.93. The molecule has 1 atom stereocenters. The first-order chi connectivity index (χ1) is 5.83. The molecule has 1 heterocycles. The summed E-state index contributed by atoms with van der Waals surface area (Å²) in [7, 11) is 0. The van der Waals surface area contributed by atoms with Crippen LogP contribution in [-0.4, -0.2) is 25.0 Å². The minimum Gasteiger partial charge on any atom is -0.351 e. The molecule has 1 rings (SSSR count). The van der Waals surface area contributed by atoms with Gasteiger partial charge in [-0.25, -0.2) is 0 Å². The highest BCUT2D eigenvalue weighted by Gasteiger charge is 2.13. The zero-order chi connectivity index (χ0) is 8.81. The quantitative estimate of drug-likeness (QED) is 0.561. The van der Waals surface area contributed by atoms with E-state index in [1.165, 1.54) is 0 Å². The molecule has 3 heteroatoms. The average molecular weight is 166 g/mol. The summed E-state index contributed by atoms with van der Waals surface area (Å²) >= 11 is 0. The fourth-order valence-electron chi connectivity index (χ4n) is 1.35. The van der Waals surface area contributed by atoms with Crippen LogP contribution in [0.4, 0.5) is 0 Å². The molecular weight excluding hydrogens is 152 g/mol. The van der Waals surface area contributed by atoms with E-state index in [2.05, 4.69) is 16.6 Å². The van der Waals surface area contributed by atoms with Gasteiger partial charge in [-0.2, -0.15) is 0 Å². The van der Waals surface area contributed by atoms with Crippen molar-refractivity contribution in [2.24, 2.45) is 0 Å². The van der Waals surface area contributed by atoms with Crippen LogP contribution in [0.15, 0.2) is 0 Å². The van der Waals surface area contributed by atoms with Gasteiger partial charge in [0.2, 0.25) is 5.91 Å². The molecule has 0 radical (unpaired) electrons. The van der Waals surface area contributed by atoms with Gasteiger partial charge in [-0.1, -0.05) is 5.92 Å². The maximum absolute atomic E-state index is 11.0. The van der Waals surface area contributed by atoms with Crippen molar-refractivity contribution in [3.8, 4) is 12.3 Å². The van der Waals surface area contributed by atoms with Crippen molar-refractivity contribution >= 4 is 5.91 Å². The summed E-state index contributed by atoms with van der Waals surface area (Å²) in [6.07, 6.45) is 7.38. The molecule has 1 saturated heterocycles. The summed E-state index contributed by atoms with van der Waals surface area (Å²) in [6, 6.07) is 0.277. The second-order valence-corrected chi connectivity index (χ2v) is 2.99. The second kappa shape index (κ2) is 4.78. The molecule has 0 saturated carbocycles. The van der Waals surface area contributed by atoms with Crippen LogP contribution in [0.5, 0.6) is 0 Å². The molecule has 66 valence electrons. The highest BCUT2D eigenvalue weighted by Crippen LogP contribution is 2.00. The number of amides is 1. The third kappa shape index (κ3) is 2.93. The SMILES string of the molecule is C#CCC(=O)N[C@@H]1CCCNC1. The van der Waals surface area contributed by atoms with Gasteiger partial charge in [0.1, 0.15) is 0 Å². The van der Waals surface area contributed by atoms with E-state index in [0.717, 1.165) is 25.9 Å². The molecule has 1 aliphatic rings. The van der Waals surface area contributed by atoms with Crippen LogP contribution in [0.1, 0.15) is 19.3 Å². The molecule has 0 spiro atoms. The number of rotatable bonds is 2. The molecule has 3 nitrogen and oxygen atoms in total. The van der Waals surface area contributed by atoms with Crippen molar-refractivity contribution < 1.29 is 4.79 Å². The first-order valence-electron chi connectivity index (χ1n) is 4.26. The van der Waals surface area contributed by atoms with Gasteiger partial charge < -0.3 is 10.6 Å². The van der Waals surface area contributed by atoms with Crippen molar-refractivity contribution in [1.29, 1.82) is 0 Å². The van der Waals surface area contributed by atoms with E-state index in [9.17, 15) is 4.79 Å². The summed E-state index contributed by atoms with van der Waals surface area (Å²) in [5.41, 5.74) is 0. The second-order valence-electron chi connectivity index (χ2n) is 2.99. The maximum atomic E-state index is 11.0. The normalized spacial score (nSPS) is 22.8. The first-order valence-corrected chi connectivity index (χ1v) is 4.26. The van der Waals surface area contributed by atoms with Gasteiger partial charge in [-0.15, -0.1) is 6.42 Å². The van der Waals surface area contributed by atoms with Crippen LogP contribution >= 0.6 is 0 Å². The van der Waals surface area contributed by atoms with Crippen molar-refractivity contribution in [2.75, 3.05) is 13.1 Å². The average Bonchev–Trinajstić information content (AvgIpc) is 2.06. The third-order valence-corrected chi connectivity index (χ3v) is 1.92. The van der Waals surface area contributed by atoms with E-state index >= 15 is 0 Å². The molecule has 0 unspecified atom stereocenters. The predicted molar refractivity (Wildman–Crippen MR) is 47.5 cm³/mol. The molecule has 1 aliphatic heterocycles. The van der Waals surface area contributed by atoms with Crippen LogP contribution in [0, 0.1) is 12.3 Å². The van der Waals surface area contributed by atoms with Crippen LogP contribution in [0.3, 0.4) is 0 Å². The third-order valence-electron chi connectivity index (χ3n) is 1.92. The molecule has 0 bridgehead atoms. The lowest BCUT2D eigenvalue weighted by atomic mass is 10.1. The molecule has 0 aliphatic carbocycles. The fourth-order valence-corrected chi connectivity index (χ4v) is 1.35. The molecular formula is C9H14N2O. The van der Waals surface area contributed by atoms with E-state index in [0.29, 0.717) is 0 Å². The minimum absolute atomic E-state index is 0.0359. The Bertz CT molecular complexity index is 189. The summed E-state index contributed by atoms with van der Waals surface area (Å²) in [5.74, 6) is 2.29. The van der Waals surface area contributed by atoms with Crippen molar-refractivity contribution in [3.63, 3.8) is 0 Å². The highest BCUT2D eigenvalue weighted by atomic mass is 16.1. The van der Waals surface area contributed by atoms with E-state index in [4.69, 9.17) is 6.42 Å². The predicted octanol–water partition coefficient (Wildman–Crippen LogP) is -0.122. The van der Waals surface area contributed by atoms with Gasteiger partial charge in [0.25, 0.3) is 0 Å². The van der Waals surface area contributed by atoms with Crippen LogP contribution < -0.4 is 10.6 Å². The van der Waals surface area contributed by atoms with Gasteiger partial charge in [0.15, 0.2) is 0 Å². The smallest absolute Gasteiger partial charge is 0.232 e. The Hall–Kier alpha value is -1.01. The van der Waals surface area contributed by atoms with Gasteiger partial charge in [0, 0.05) is 12.6 Å². The Labute approximate surface area is 72.9 Å². The zero-order valence-electron chi connectivity index (χ0n) is 7.10. The van der Waals surface area contributed by atoms with Crippen LogP contribution in [-0.2, 0) is 4.79 Å². The minimum atomic E-state index is -0.0359. The van der Waals surface area contributed by atoms with Crippen molar-refractivity contribution in [1.82, 2.24) is 10.6 Å². The largest absolute Gasteiger partial charge is 0.351 e. The fraction of sp³-hybridized carbons (Fsp3) is 0.667. The van der Waals surface area contributed by atoms with Gasteiger partial charge in [-0.3, -0.25) is 4.79 Å². The van der Waals surface area contributed by atoms with E-state index in [1.54, 1.807) is 0 Å². The molecule has 0 aromatic heterocycles. The van der Waals surface area contributed by atoms with Gasteiger partial charge in [0.05, 0.1) is 6.42 Å². The van der Waals surface area contributed by atoms with Crippen molar-refractivity contribution in [2.45, 2.75) is 25.3 Å². The molecule has 2 N–H and O–H groups in total. The molecule has 0 aromatic rings. The number of terminal acetylenes is 1. The number of hydrogen-bond donors (Lipinski definition) is 2. The topological polar surface area (TPSA) is 41.1 Å². The molecule has 12 heavy (non-hydrogen) atoms. The molecule has 1 fully saturated rings. The summed E-state index contributed by atoms with van der Waals surface area (Å²) < 4.78 is 0. The lowest BCUT2D eigenvalue weighted by Crippen LogP contribution is -2.45. The Morgan fingerprint density at radius 1 is 1.75 bits per heavy atom. The number of piperidine rings is 1. The number of nitrogens with one attached hydrogen (secondary N) is 2. The standard InChI is InChI=1S/C9H14N2O/c1-2-4-9(12)11-8-5-3-6-10-7-8/h1,8,10H,3-7H2,(H,11,12)/t8-/m1/s1. The van der Waals surface area contributed by atoms with Crippen LogP contribution in [0.25, 0.3) is 0 Å². The van der Waals surface area contributed by atoms with Crippen molar-refractivity contribution in [3.05, 3.63) is 0 Å². The molecule has 0 aromatic carbocycles. The lowest BCUT2D eigenvalue weighted by molar-refractivity contribution is -0.120. The Morgan fingerprint density at radius 3 is 3.17 bits per heavy atom. The Kier molecular flexibility index (Phi) is 3.62. The monoisotopic (exact) mass is 166 g/mol. The zero-order valence-corrected chi connectivity index (χ0v) is 7.10. The Balaban J connectivity index is 2.21. The summed E-state index contributed by atoms with van der Waals surface area (Å²) in [5, 5.41) is 6.09. The lowest BCUT2D eigenvalue weighted by Gasteiger charge is -2.23. The highest BCUT2D eigenvalue weighted by molar-refractivity contribution is 5.78.